The fourth-order valence-corrected chi connectivity index (χ4v) is 3.30. The smallest absolute Gasteiger partial charge is 0.232 e. The first kappa shape index (κ1) is 12.9. The van der Waals surface area contributed by atoms with E-state index >= 15 is 0 Å². The monoisotopic (exact) mass is 304 g/mol. The molecule has 4 heterocycles. The Balaban J connectivity index is 1.52. The summed E-state index contributed by atoms with van der Waals surface area (Å²) in [7, 11) is 2.09. The number of hydrogen-bond donors (Lipinski definition) is 1. The molecule has 110 valence electrons. The number of nitrogens with zero attached hydrogens (tertiary/aromatic N) is 5. The molecule has 0 saturated carbocycles. The van der Waals surface area contributed by atoms with Gasteiger partial charge in [-0.05, 0) is 7.05 Å². The molecule has 1 N–H and O–H groups in total. The lowest BCUT2D eigenvalue weighted by molar-refractivity contribution is 0.190. The van der Waals surface area contributed by atoms with Gasteiger partial charge in [0.15, 0.2) is 10.8 Å². The molecule has 0 spiro atoms. The number of likely N-dealkylation sites (N-methyl/N-ethyl adjacent to an activating group) is 1. The molecule has 1 saturated heterocycles. The van der Waals surface area contributed by atoms with Crippen LogP contribution < -0.4 is 5.32 Å². The Kier molecular flexibility index (Phi) is 3.21. The maximum atomic E-state index is 5.38. The topological polar surface area (TPSA) is 71.5 Å². The van der Waals surface area contributed by atoms with Gasteiger partial charge in [-0.3, -0.25) is 9.30 Å². The zero-order valence-corrected chi connectivity index (χ0v) is 12.5. The third kappa shape index (κ3) is 2.45. The number of aromatic nitrogens is 4. The van der Waals surface area contributed by atoms with Crippen molar-refractivity contribution in [3.8, 4) is 0 Å². The molecule has 0 radical (unpaired) electrons. The Bertz CT molecular complexity index is 718. The Morgan fingerprint density at radius 3 is 3.29 bits per heavy atom. The maximum absolute atomic E-state index is 5.38. The fourth-order valence-electron chi connectivity index (χ4n) is 2.59. The van der Waals surface area contributed by atoms with Crippen LogP contribution in [-0.4, -0.2) is 51.1 Å². The number of thiazole rings is 1. The zero-order chi connectivity index (χ0) is 14.2. The molecule has 1 aliphatic rings. The molecule has 1 unspecified atom stereocenters. The van der Waals surface area contributed by atoms with Gasteiger partial charge in [0.2, 0.25) is 5.89 Å². The Morgan fingerprint density at radius 1 is 1.48 bits per heavy atom. The van der Waals surface area contributed by atoms with Crippen molar-refractivity contribution in [3.05, 3.63) is 35.2 Å². The fraction of sp³-hybridized carbons (Fsp3) is 0.462. The third-order valence-corrected chi connectivity index (χ3v) is 4.54. The van der Waals surface area contributed by atoms with Crippen LogP contribution in [0.3, 0.4) is 0 Å². The van der Waals surface area contributed by atoms with E-state index in [1.165, 1.54) is 0 Å². The first-order valence-electron chi connectivity index (χ1n) is 6.94. The molecule has 3 aromatic rings. The van der Waals surface area contributed by atoms with E-state index in [1.807, 2.05) is 22.2 Å². The summed E-state index contributed by atoms with van der Waals surface area (Å²) in [5, 5.41) is 9.50. The summed E-state index contributed by atoms with van der Waals surface area (Å²) < 4.78 is 7.39. The number of imidazole rings is 1. The molecular weight excluding hydrogens is 288 g/mol. The molecule has 7 nitrogen and oxygen atoms in total. The SMILES string of the molecule is CN1CCNCC1c1noc(Cc2cn3ccsc3n2)n1. The Morgan fingerprint density at radius 2 is 2.43 bits per heavy atom. The van der Waals surface area contributed by atoms with E-state index in [1.54, 1.807) is 11.3 Å². The molecule has 1 aliphatic heterocycles. The van der Waals surface area contributed by atoms with Crippen molar-refractivity contribution >= 4 is 16.3 Å². The van der Waals surface area contributed by atoms with Crippen molar-refractivity contribution in [2.24, 2.45) is 0 Å². The molecule has 3 aromatic heterocycles. The summed E-state index contributed by atoms with van der Waals surface area (Å²) in [5.74, 6) is 1.37. The van der Waals surface area contributed by atoms with Gasteiger partial charge in [-0.25, -0.2) is 4.98 Å². The Labute approximate surface area is 125 Å². The van der Waals surface area contributed by atoms with Crippen LogP contribution in [0.5, 0.6) is 0 Å². The summed E-state index contributed by atoms with van der Waals surface area (Å²) >= 11 is 1.62. The highest BCUT2D eigenvalue weighted by atomic mass is 32.1. The first-order valence-corrected chi connectivity index (χ1v) is 7.82. The lowest BCUT2D eigenvalue weighted by atomic mass is 10.2. The van der Waals surface area contributed by atoms with Crippen LogP contribution in [0.2, 0.25) is 0 Å². The van der Waals surface area contributed by atoms with Gasteiger partial charge in [-0.2, -0.15) is 4.98 Å². The summed E-state index contributed by atoms with van der Waals surface area (Å²) in [4.78, 5) is 12.3. The lowest BCUT2D eigenvalue weighted by Gasteiger charge is -2.30. The molecule has 1 atom stereocenters. The average molecular weight is 304 g/mol. The van der Waals surface area contributed by atoms with Gasteiger partial charge in [0.05, 0.1) is 18.2 Å². The number of piperazine rings is 1. The minimum Gasteiger partial charge on any atom is -0.339 e. The van der Waals surface area contributed by atoms with E-state index in [4.69, 9.17) is 4.52 Å². The summed E-state index contributed by atoms with van der Waals surface area (Å²) in [6.45, 7) is 2.85. The van der Waals surface area contributed by atoms with Crippen molar-refractivity contribution in [1.82, 2.24) is 29.7 Å². The molecule has 21 heavy (non-hydrogen) atoms. The van der Waals surface area contributed by atoms with E-state index < -0.39 is 0 Å². The lowest BCUT2D eigenvalue weighted by Crippen LogP contribution is -2.44. The summed E-state index contributed by atoms with van der Waals surface area (Å²) in [6, 6.07) is 0.182. The largest absolute Gasteiger partial charge is 0.339 e. The highest BCUT2D eigenvalue weighted by Crippen LogP contribution is 2.19. The van der Waals surface area contributed by atoms with Gasteiger partial charge in [0, 0.05) is 37.4 Å². The number of rotatable bonds is 3. The molecule has 4 rings (SSSR count). The summed E-state index contributed by atoms with van der Waals surface area (Å²) in [5.41, 5.74) is 0.951. The van der Waals surface area contributed by atoms with Crippen LogP contribution in [0, 0.1) is 0 Å². The highest BCUT2D eigenvalue weighted by Gasteiger charge is 2.25. The van der Waals surface area contributed by atoms with E-state index in [0.29, 0.717) is 12.3 Å². The molecule has 0 aliphatic carbocycles. The molecule has 0 amide bonds. The molecule has 0 bridgehead atoms. The average Bonchev–Trinajstić information content (AvgIpc) is 3.15. The van der Waals surface area contributed by atoms with Gasteiger partial charge < -0.3 is 9.84 Å². The van der Waals surface area contributed by atoms with Crippen LogP contribution >= 0.6 is 11.3 Å². The van der Waals surface area contributed by atoms with Crippen LogP contribution in [0.25, 0.3) is 4.96 Å². The second-order valence-electron chi connectivity index (χ2n) is 5.25. The minimum absolute atomic E-state index is 0.182. The van der Waals surface area contributed by atoms with E-state index in [-0.39, 0.29) is 6.04 Å². The van der Waals surface area contributed by atoms with Gasteiger partial charge in [0.25, 0.3) is 0 Å². The third-order valence-electron chi connectivity index (χ3n) is 3.77. The standard InChI is InChI=1S/C13H16N6OS/c1-18-3-2-14-7-10(18)12-16-11(20-17-12)6-9-8-19-4-5-21-13(19)15-9/h4-5,8,10,14H,2-3,6-7H2,1H3. The van der Waals surface area contributed by atoms with Crippen LogP contribution in [-0.2, 0) is 6.42 Å². The second-order valence-corrected chi connectivity index (χ2v) is 6.12. The van der Waals surface area contributed by atoms with Gasteiger partial charge >= 0.3 is 0 Å². The van der Waals surface area contributed by atoms with Crippen molar-refractivity contribution < 1.29 is 4.52 Å². The van der Waals surface area contributed by atoms with Gasteiger partial charge in [-0.1, -0.05) is 5.16 Å². The molecule has 8 heteroatoms. The molecule has 0 aromatic carbocycles. The highest BCUT2D eigenvalue weighted by molar-refractivity contribution is 7.15. The Hall–Kier alpha value is -1.77. The zero-order valence-electron chi connectivity index (χ0n) is 11.7. The van der Waals surface area contributed by atoms with E-state index in [2.05, 4.69) is 32.4 Å². The molecule has 1 fully saturated rings. The van der Waals surface area contributed by atoms with Crippen molar-refractivity contribution in [3.63, 3.8) is 0 Å². The normalized spacial score (nSPS) is 20.3. The number of hydrogen-bond acceptors (Lipinski definition) is 7. The van der Waals surface area contributed by atoms with Crippen molar-refractivity contribution in [1.29, 1.82) is 0 Å². The van der Waals surface area contributed by atoms with Gasteiger partial charge in [0.1, 0.15) is 0 Å². The van der Waals surface area contributed by atoms with Gasteiger partial charge in [-0.15, -0.1) is 11.3 Å². The number of nitrogens with one attached hydrogen (secondary N) is 1. The number of fused-ring (bicyclic) bond motifs is 1. The van der Waals surface area contributed by atoms with E-state index in [9.17, 15) is 0 Å². The van der Waals surface area contributed by atoms with Crippen LogP contribution in [0.1, 0.15) is 23.5 Å². The van der Waals surface area contributed by atoms with Crippen LogP contribution in [0.4, 0.5) is 0 Å². The van der Waals surface area contributed by atoms with E-state index in [0.717, 1.165) is 36.1 Å². The summed E-state index contributed by atoms with van der Waals surface area (Å²) in [6.07, 6.45) is 4.58. The van der Waals surface area contributed by atoms with Crippen molar-refractivity contribution in [2.75, 3.05) is 26.7 Å². The predicted octanol–water partition coefficient (Wildman–Crippen LogP) is 0.946. The quantitative estimate of drug-likeness (QED) is 0.776. The maximum Gasteiger partial charge on any atom is 0.232 e. The second kappa shape index (κ2) is 5.21. The molecular formula is C13H16N6OS. The van der Waals surface area contributed by atoms with Crippen molar-refractivity contribution in [2.45, 2.75) is 12.5 Å². The van der Waals surface area contributed by atoms with Crippen LogP contribution in [0.15, 0.2) is 22.3 Å². The minimum atomic E-state index is 0.182. The predicted molar refractivity (Wildman–Crippen MR) is 78.4 cm³/mol. The first-order chi connectivity index (χ1) is 10.3.